The Bertz CT molecular complexity index is 630. The van der Waals surface area contributed by atoms with E-state index in [1.165, 1.54) is 0 Å². The molecular formula is C9H5N2O4P. The Morgan fingerprint density at radius 2 is 1.94 bits per heavy atom. The van der Waals surface area contributed by atoms with Gasteiger partial charge in [-0.25, -0.2) is 4.57 Å². The second kappa shape index (κ2) is 2.41. The summed E-state index contributed by atoms with van der Waals surface area (Å²) in [6.45, 7) is 0. The van der Waals surface area contributed by atoms with Gasteiger partial charge >= 0.3 is 13.8 Å². The fourth-order valence-electron chi connectivity index (χ4n) is 1.74. The van der Waals surface area contributed by atoms with Crippen molar-refractivity contribution in [2.24, 2.45) is 0 Å². The van der Waals surface area contributed by atoms with Crippen LogP contribution in [0, 0.1) is 0 Å². The molecule has 0 aliphatic carbocycles. The lowest BCUT2D eigenvalue weighted by Gasteiger charge is -2.18. The molecule has 1 atom stereocenters. The lowest BCUT2D eigenvalue weighted by Crippen LogP contribution is -2.12. The molecule has 5 rings (SSSR count). The number of hydrogen-bond acceptors (Lipinski definition) is 5. The Hall–Kier alpha value is -1.94. The largest absolute Gasteiger partial charge is 0.652 e. The number of rotatable bonds is 1. The summed E-state index contributed by atoms with van der Waals surface area (Å²) < 4.78 is 28.4. The van der Waals surface area contributed by atoms with E-state index in [-0.39, 0.29) is 11.9 Å². The average Bonchev–Trinajstić information content (AvgIpc) is 2.64. The number of aromatic nitrogens is 2. The van der Waals surface area contributed by atoms with Gasteiger partial charge in [-0.2, -0.15) is 9.55 Å². The fourth-order valence-corrected chi connectivity index (χ4v) is 2.88. The smallest absolute Gasteiger partial charge is 0.363 e. The van der Waals surface area contributed by atoms with Crippen LogP contribution in [0.5, 0.6) is 17.8 Å². The van der Waals surface area contributed by atoms with E-state index < -0.39 is 7.82 Å². The Kier molecular flexibility index (Phi) is 1.24. The first-order valence-corrected chi connectivity index (χ1v) is 6.08. The zero-order valence-electron chi connectivity index (χ0n) is 7.86. The molecule has 0 saturated heterocycles. The number of imidazole rings is 1. The van der Waals surface area contributed by atoms with Crippen LogP contribution in [0.3, 0.4) is 0 Å². The molecule has 1 unspecified atom stereocenters. The first-order valence-electron chi connectivity index (χ1n) is 4.62. The number of phosphoric ester groups is 1. The van der Waals surface area contributed by atoms with Crippen molar-refractivity contribution in [1.82, 2.24) is 9.55 Å². The molecule has 3 aliphatic heterocycles. The molecule has 0 N–H and O–H groups in total. The highest BCUT2D eigenvalue weighted by Crippen LogP contribution is 2.64. The minimum atomic E-state index is -3.43. The van der Waals surface area contributed by atoms with Gasteiger partial charge in [0, 0.05) is 0 Å². The van der Waals surface area contributed by atoms with Crippen LogP contribution < -0.4 is 13.6 Å². The molecule has 16 heavy (non-hydrogen) atoms. The summed E-state index contributed by atoms with van der Waals surface area (Å²) in [7, 11) is -3.43. The van der Waals surface area contributed by atoms with Crippen molar-refractivity contribution in [2.45, 2.75) is 0 Å². The van der Waals surface area contributed by atoms with Crippen LogP contribution in [0.2, 0.25) is 0 Å². The monoisotopic (exact) mass is 236 g/mol. The van der Waals surface area contributed by atoms with Crippen molar-refractivity contribution in [3.8, 4) is 23.5 Å². The van der Waals surface area contributed by atoms with Crippen LogP contribution in [-0.2, 0) is 4.57 Å². The second-order valence-corrected chi connectivity index (χ2v) is 4.84. The van der Waals surface area contributed by atoms with Gasteiger partial charge in [0.1, 0.15) is 0 Å². The first kappa shape index (κ1) is 8.24. The molecule has 1 aromatic heterocycles. The summed E-state index contributed by atoms with van der Waals surface area (Å²) in [5, 5.41) is 0. The summed E-state index contributed by atoms with van der Waals surface area (Å²) in [4.78, 5) is 4.00. The first-order chi connectivity index (χ1) is 7.75. The molecule has 2 aromatic rings. The Morgan fingerprint density at radius 1 is 1.12 bits per heavy atom. The van der Waals surface area contributed by atoms with Crippen LogP contribution in [0.4, 0.5) is 0 Å². The minimum absolute atomic E-state index is 0.230. The molecule has 0 spiro atoms. The predicted molar refractivity (Wildman–Crippen MR) is 53.1 cm³/mol. The van der Waals surface area contributed by atoms with Gasteiger partial charge in [0.05, 0.1) is 5.69 Å². The van der Waals surface area contributed by atoms with Gasteiger partial charge in [0.2, 0.25) is 0 Å². The molecule has 7 heteroatoms. The molecule has 80 valence electrons. The van der Waals surface area contributed by atoms with Crippen LogP contribution in [0.15, 0.2) is 30.3 Å². The van der Waals surface area contributed by atoms with E-state index in [0.717, 1.165) is 5.69 Å². The van der Waals surface area contributed by atoms with E-state index in [9.17, 15) is 4.57 Å². The molecule has 0 amide bonds. The summed E-state index contributed by atoms with van der Waals surface area (Å²) in [5.41, 5.74) is 0.822. The van der Waals surface area contributed by atoms with Gasteiger partial charge in [-0.15, -0.1) is 0 Å². The number of nitrogens with zero attached hydrogens (tertiary/aromatic N) is 2. The molecule has 3 aliphatic rings. The van der Waals surface area contributed by atoms with Crippen molar-refractivity contribution in [1.29, 1.82) is 0 Å². The van der Waals surface area contributed by atoms with Crippen LogP contribution >= 0.6 is 7.82 Å². The summed E-state index contributed by atoms with van der Waals surface area (Å²) in [6.07, 6.45) is 0. The van der Waals surface area contributed by atoms with Crippen LogP contribution in [0.25, 0.3) is 5.69 Å². The van der Waals surface area contributed by atoms with E-state index in [0.29, 0.717) is 5.88 Å². The van der Waals surface area contributed by atoms with Gasteiger partial charge in [0.15, 0.2) is 0 Å². The molecule has 1 aromatic carbocycles. The van der Waals surface area contributed by atoms with E-state index in [2.05, 4.69) is 4.98 Å². The maximum absolute atomic E-state index is 11.6. The zero-order chi connectivity index (χ0) is 10.8. The molecular weight excluding hydrogens is 231 g/mol. The van der Waals surface area contributed by atoms with Gasteiger partial charge in [-0.1, -0.05) is 18.2 Å². The fraction of sp³-hybridized carbons (Fsp3) is 0. The summed E-state index contributed by atoms with van der Waals surface area (Å²) >= 11 is 0. The SMILES string of the molecule is O=P12Oc3nc(n(-c4ccccc4)c3O1)O2. The number of benzene rings is 1. The lowest BCUT2D eigenvalue weighted by atomic mass is 10.3. The quantitative estimate of drug-likeness (QED) is 0.710. The Morgan fingerprint density at radius 3 is 2.69 bits per heavy atom. The van der Waals surface area contributed by atoms with Crippen molar-refractivity contribution in [3.05, 3.63) is 30.3 Å². The lowest BCUT2D eigenvalue weighted by molar-refractivity contribution is 0.283. The molecule has 4 bridgehead atoms. The molecule has 0 fully saturated rings. The third-order valence-electron chi connectivity index (χ3n) is 2.38. The summed E-state index contributed by atoms with van der Waals surface area (Å²) in [6, 6.07) is 9.64. The van der Waals surface area contributed by atoms with E-state index in [1.54, 1.807) is 4.57 Å². The average molecular weight is 236 g/mol. The van der Waals surface area contributed by atoms with Gasteiger partial charge in [0.25, 0.3) is 11.8 Å². The predicted octanol–water partition coefficient (Wildman–Crippen LogP) is 2.14. The molecule has 0 radical (unpaired) electrons. The number of para-hydroxylation sites is 1. The number of hydrogen-bond donors (Lipinski definition) is 0. The highest BCUT2D eigenvalue weighted by atomic mass is 31.2. The van der Waals surface area contributed by atoms with Gasteiger partial charge in [-0.3, -0.25) is 0 Å². The van der Waals surface area contributed by atoms with E-state index >= 15 is 0 Å². The van der Waals surface area contributed by atoms with E-state index in [4.69, 9.17) is 13.6 Å². The maximum atomic E-state index is 11.6. The zero-order valence-corrected chi connectivity index (χ0v) is 8.76. The summed E-state index contributed by atoms with van der Waals surface area (Å²) in [5.74, 6) is 0.573. The van der Waals surface area contributed by atoms with Crippen molar-refractivity contribution in [2.75, 3.05) is 0 Å². The third kappa shape index (κ3) is 0.875. The Labute approximate surface area is 90.0 Å². The topological polar surface area (TPSA) is 62.6 Å². The highest BCUT2D eigenvalue weighted by Gasteiger charge is 2.52. The van der Waals surface area contributed by atoms with Gasteiger partial charge < -0.3 is 13.6 Å². The molecule has 0 saturated carbocycles. The Balaban J connectivity index is 1.99. The number of phosphoric acid groups is 1. The normalized spacial score (nSPS) is 23.8. The van der Waals surface area contributed by atoms with E-state index in [1.807, 2.05) is 30.3 Å². The standard InChI is InChI=1S/C9H5N2O4P/c12-16-13-7-8(14-16)11(9(10-7)15-16)6-4-2-1-3-5-6/h1-5H. The van der Waals surface area contributed by atoms with Crippen molar-refractivity contribution >= 4 is 7.82 Å². The highest BCUT2D eigenvalue weighted by molar-refractivity contribution is 7.50. The van der Waals surface area contributed by atoms with Crippen LogP contribution in [-0.4, -0.2) is 9.55 Å². The van der Waals surface area contributed by atoms with Crippen molar-refractivity contribution < 1.29 is 18.1 Å². The molecule has 6 nitrogen and oxygen atoms in total. The third-order valence-corrected chi connectivity index (χ3v) is 3.56. The van der Waals surface area contributed by atoms with Crippen LogP contribution in [0.1, 0.15) is 0 Å². The van der Waals surface area contributed by atoms with Crippen molar-refractivity contribution in [3.63, 3.8) is 0 Å². The maximum Gasteiger partial charge on any atom is 0.652 e. The second-order valence-electron chi connectivity index (χ2n) is 3.40. The molecule has 4 heterocycles. The minimum Gasteiger partial charge on any atom is -0.363 e. The van der Waals surface area contributed by atoms with Gasteiger partial charge in [-0.05, 0) is 12.1 Å².